The van der Waals surface area contributed by atoms with E-state index in [9.17, 15) is 0 Å². The number of pyridine rings is 3. The van der Waals surface area contributed by atoms with Crippen molar-refractivity contribution in [3.63, 3.8) is 0 Å². The largest absolute Gasteiger partial charge is 3.00 e. The molecule has 266 valence electrons. The molecule has 0 amide bonds. The predicted octanol–water partition coefficient (Wildman–Crippen LogP) is 11.7. The van der Waals surface area contributed by atoms with E-state index in [1.165, 1.54) is 5.56 Å². The van der Waals surface area contributed by atoms with Crippen LogP contribution in [0.25, 0.3) is 56.3 Å². The molecular weight excluding hydrogens is 862 g/mol. The minimum absolute atomic E-state index is 0. The second-order valence-electron chi connectivity index (χ2n) is 12.9. The second kappa shape index (κ2) is 19.4. The number of hydrogen-bond donors (Lipinski definition) is 0. The van der Waals surface area contributed by atoms with E-state index in [4.69, 9.17) is 11.6 Å². The Morgan fingerprint density at radius 1 is 0.463 bits per heavy atom. The van der Waals surface area contributed by atoms with Crippen LogP contribution >= 0.6 is 11.6 Å². The van der Waals surface area contributed by atoms with Crippen molar-refractivity contribution < 1.29 is 20.1 Å². The van der Waals surface area contributed by atoms with Crippen LogP contribution in [-0.4, -0.2) is 24.9 Å². The van der Waals surface area contributed by atoms with Gasteiger partial charge in [0.1, 0.15) is 0 Å². The van der Waals surface area contributed by atoms with Crippen LogP contribution in [0.2, 0.25) is 5.28 Å². The molecule has 0 aliphatic heterocycles. The summed E-state index contributed by atoms with van der Waals surface area (Å²) in [5.74, 6) is 0. The fourth-order valence-electron chi connectivity index (χ4n) is 5.26. The van der Waals surface area contributed by atoms with Crippen molar-refractivity contribution >= 4 is 11.6 Å². The molecule has 0 saturated heterocycles. The Hall–Kier alpha value is -5.65. The van der Waals surface area contributed by atoms with Crippen LogP contribution in [0.1, 0.15) is 26.3 Å². The van der Waals surface area contributed by atoms with Crippen LogP contribution in [0.4, 0.5) is 0 Å². The molecule has 0 aliphatic carbocycles. The molecule has 4 aromatic heterocycles. The number of benzene rings is 4. The third-order valence-electron chi connectivity index (χ3n) is 8.09. The van der Waals surface area contributed by atoms with E-state index < -0.39 is 0 Å². The summed E-state index contributed by atoms with van der Waals surface area (Å²) in [6.45, 7) is 6.60. The van der Waals surface area contributed by atoms with Gasteiger partial charge in [-0.25, -0.2) is 9.97 Å². The second-order valence-corrected chi connectivity index (χ2v) is 13.3. The minimum atomic E-state index is 0. The van der Waals surface area contributed by atoms with Crippen LogP contribution < -0.4 is 0 Å². The normalized spacial score (nSPS) is 10.4. The maximum absolute atomic E-state index is 6.23. The van der Waals surface area contributed by atoms with E-state index in [1.807, 2.05) is 127 Å². The first-order valence-electron chi connectivity index (χ1n) is 17.2. The standard InChI is InChI=1S/C25H21ClN3.2C11H8N.Ir/c1-25(2,3)20-12-9-18(10-13-20)22-15-23(29-24(26)28-22)19-11-14-21(27-16-19)17-7-5-4-6-8-17;2*1-2-6-10(7-3-1)11-8-4-5-9-12-11;/h4-7,9-16H,1-3H3;2*1-6,8-9H;/q3*-1;+3. The molecule has 54 heavy (non-hydrogen) atoms. The van der Waals surface area contributed by atoms with E-state index >= 15 is 0 Å². The number of hydrogen-bond acceptors (Lipinski definition) is 5. The van der Waals surface area contributed by atoms with Crippen molar-refractivity contribution in [3.05, 3.63) is 199 Å². The summed E-state index contributed by atoms with van der Waals surface area (Å²) in [5, 5.41) is 0.220. The predicted molar refractivity (Wildman–Crippen MR) is 216 cm³/mol. The van der Waals surface area contributed by atoms with Crippen LogP contribution in [0.5, 0.6) is 0 Å². The van der Waals surface area contributed by atoms with Gasteiger partial charge in [0.05, 0.1) is 11.4 Å². The summed E-state index contributed by atoms with van der Waals surface area (Å²) in [5.41, 5.74) is 10.7. The van der Waals surface area contributed by atoms with Crippen LogP contribution in [-0.2, 0) is 25.5 Å². The van der Waals surface area contributed by atoms with Crippen molar-refractivity contribution in [2.24, 2.45) is 0 Å². The van der Waals surface area contributed by atoms with Crippen molar-refractivity contribution in [1.29, 1.82) is 0 Å². The molecule has 7 heteroatoms. The molecule has 5 nitrogen and oxygen atoms in total. The molecule has 0 N–H and O–H groups in total. The van der Waals surface area contributed by atoms with Gasteiger partial charge in [-0.15, -0.1) is 108 Å². The fourth-order valence-corrected chi connectivity index (χ4v) is 5.44. The molecule has 0 aliphatic rings. The molecule has 4 heterocycles. The third-order valence-corrected chi connectivity index (χ3v) is 8.26. The average Bonchev–Trinajstić information content (AvgIpc) is 3.22. The van der Waals surface area contributed by atoms with Gasteiger partial charge in [0.25, 0.3) is 0 Å². The molecule has 0 atom stereocenters. The number of rotatable bonds is 5. The molecule has 0 fully saturated rings. The van der Waals surface area contributed by atoms with E-state index in [0.717, 1.165) is 56.3 Å². The SMILES string of the molecule is CC(C)(C)c1ccc(-c2cc(-c3ccc(-c4[c-]cccc4)nc3)nc(Cl)n2)cc1.[Ir+3].[c-]1ccccc1-c1ccccn1.[c-]1ccccc1-c1ccccn1. The van der Waals surface area contributed by atoms with Crippen molar-refractivity contribution in [2.45, 2.75) is 26.2 Å². The van der Waals surface area contributed by atoms with Gasteiger partial charge >= 0.3 is 20.1 Å². The monoisotopic (exact) mass is 899 g/mol. The zero-order valence-corrected chi connectivity index (χ0v) is 33.3. The summed E-state index contributed by atoms with van der Waals surface area (Å²) in [4.78, 5) is 21.8. The topological polar surface area (TPSA) is 64.5 Å². The van der Waals surface area contributed by atoms with Gasteiger partial charge in [0, 0.05) is 29.7 Å². The van der Waals surface area contributed by atoms with E-state index in [1.54, 1.807) is 18.6 Å². The molecule has 8 aromatic rings. The summed E-state index contributed by atoms with van der Waals surface area (Å²) in [6, 6.07) is 59.0. The van der Waals surface area contributed by atoms with Gasteiger partial charge < -0.3 is 15.0 Å². The molecule has 0 unspecified atom stereocenters. The molecule has 0 spiro atoms. The van der Waals surface area contributed by atoms with Gasteiger partial charge in [0.2, 0.25) is 5.28 Å². The minimum Gasteiger partial charge on any atom is -0.305 e. The zero-order valence-electron chi connectivity index (χ0n) is 30.1. The van der Waals surface area contributed by atoms with Crippen molar-refractivity contribution in [3.8, 4) is 56.3 Å². The Kier molecular flexibility index (Phi) is 14.2. The molecular formula is C47H37ClIrN5. The quantitative estimate of drug-likeness (QED) is 0.127. The van der Waals surface area contributed by atoms with E-state index in [2.05, 4.69) is 88.2 Å². The Morgan fingerprint density at radius 2 is 0.907 bits per heavy atom. The first-order valence-corrected chi connectivity index (χ1v) is 17.6. The maximum Gasteiger partial charge on any atom is 3.00 e. The Bertz CT molecular complexity index is 2130. The Labute approximate surface area is 336 Å². The van der Waals surface area contributed by atoms with Gasteiger partial charge in [-0.05, 0) is 57.9 Å². The van der Waals surface area contributed by atoms with Gasteiger partial charge in [-0.3, -0.25) is 0 Å². The molecule has 4 aromatic carbocycles. The van der Waals surface area contributed by atoms with Crippen LogP contribution in [0, 0.1) is 18.2 Å². The summed E-state index contributed by atoms with van der Waals surface area (Å²) >= 11 is 6.23. The molecule has 8 rings (SSSR count). The molecule has 0 radical (unpaired) electrons. The summed E-state index contributed by atoms with van der Waals surface area (Å²) < 4.78 is 0. The average molecular weight is 900 g/mol. The Morgan fingerprint density at radius 3 is 1.30 bits per heavy atom. The summed E-state index contributed by atoms with van der Waals surface area (Å²) in [7, 11) is 0. The van der Waals surface area contributed by atoms with E-state index in [0.29, 0.717) is 0 Å². The van der Waals surface area contributed by atoms with Crippen LogP contribution in [0.3, 0.4) is 0 Å². The smallest absolute Gasteiger partial charge is 0.305 e. The Balaban J connectivity index is 0.000000184. The number of halogens is 1. The van der Waals surface area contributed by atoms with Gasteiger partial charge in [-0.2, -0.15) is 0 Å². The van der Waals surface area contributed by atoms with E-state index in [-0.39, 0.29) is 30.8 Å². The van der Waals surface area contributed by atoms with Crippen molar-refractivity contribution in [2.75, 3.05) is 0 Å². The number of aromatic nitrogens is 5. The first-order chi connectivity index (χ1) is 25.8. The van der Waals surface area contributed by atoms with Crippen LogP contribution in [0.15, 0.2) is 170 Å². The zero-order chi connectivity index (χ0) is 36.9. The molecule has 0 saturated carbocycles. The molecule has 0 bridgehead atoms. The fraction of sp³-hybridized carbons (Fsp3) is 0.0851. The van der Waals surface area contributed by atoms with Gasteiger partial charge in [-0.1, -0.05) is 81.4 Å². The van der Waals surface area contributed by atoms with Gasteiger partial charge in [0.15, 0.2) is 0 Å². The van der Waals surface area contributed by atoms with Crippen molar-refractivity contribution in [1.82, 2.24) is 24.9 Å². The maximum atomic E-state index is 6.23. The number of nitrogens with zero attached hydrogens (tertiary/aromatic N) is 5. The summed E-state index contributed by atoms with van der Waals surface area (Å²) in [6.07, 6.45) is 5.38. The first kappa shape index (κ1) is 39.6. The third kappa shape index (κ3) is 11.2.